The van der Waals surface area contributed by atoms with Crippen molar-refractivity contribution in [2.24, 2.45) is 0 Å². The molecule has 2 aromatic carbocycles. The van der Waals surface area contributed by atoms with E-state index < -0.39 is 17.8 Å². The van der Waals surface area contributed by atoms with Gasteiger partial charge in [-0.15, -0.1) is 0 Å². The van der Waals surface area contributed by atoms with Crippen molar-refractivity contribution in [2.75, 3.05) is 0 Å². The number of benzene rings is 2. The Balaban J connectivity index is 2.12. The van der Waals surface area contributed by atoms with E-state index in [1.54, 1.807) is 26.0 Å². The molecule has 0 saturated carbocycles. The van der Waals surface area contributed by atoms with Crippen LogP contribution in [0.1, 0.15) is 70.0 Å². The molecule has 1 heterocycles. The number of hydrogen-bond acceptors (Lipinski definition) is 2. The van der Waals surface area contributed by atoms with Crippen LogP contribution in [0.15, 0.2) is 36.4 Å². The highest BCUT2D eigenvalue weighted by molar-refractivity contribution is 5.87. The lowest BCUT2D eigenvalue weighted by atomic mass is 9.89. The summed E-state index contributed by atoms with van der Waals surface area (Å²) in [5.74, 6) is -0.380. The molecular formula is C23H29F3N2O. The molecule has 158 valence electrons. The number of fused-ring (bicyclic) bond motifs is 1. The van der Waals surface area contributed by atoms with E-state index >= 15 is 0 Å². The second-order valence-electron chi connectivity index (χ2n) is 8.50. The Bertz CT molecular complexity index is 876. The van der Waals surface area contributed by atoms with Crippen molar-refractivity contribution in [2.45, 2.75) is 77.1 Å². The molecule has 1 saturated heterocycles. The number of carbonyl (C=O) groups excluding carboxylic acids is 1. The van der Waals surface area contributed by atoms with Crippen LogP contribution in [-0.2, 0) is 11.2 Å². The Morgan fingerprint density at radius 1 is 1.10 bits per heavy atom. The maximum absolute atomic E-state index is 14.4. The number of rotatable bonds is 7. The van der Waals surface area contributed by atoms with Gasteiger partial charge in [-0.25, -0.2) is 0 Å². The van der Waals surface area contributed by atoms with E-state index in [9.17, 15) is 18.0 Å². The molecule has 1 N–H and O–H groups in total. The number of halogens is 3. The predicted molar refractivity (Wildman–Crippen MR) is 109 cm³/mol. The zero-order chi connectivity index (χ0) is 21.2. The van der Waals surface area contributed by atoms with Gasteiger partial charge < -0.3 is 0 Å². The van der Waals surface area contributed by atoms with Crippen LogP contribution in [0.3, 0.4) is 0 Å². The summed E-state index contributed by atoms with van der Waals surface area (Å²) in [6.45, 7) is 5.46. The number of hydrazine groups is 1. The van der Waals surface area contributed by atoms with E-state index in [0.717, 1.165) is 47.0 Å². The Morgan fingerprint density at radius 2 is 1.83 bits per heavy atom. The minimum Gasteiger partial charge on any atom is -0.287 e. The Kier molecular flexibility index (Phi) is 6.22. The maximum Gasteiger partial charge on any atom is 0.409 e. The van der Waals surface area contributed by atoms with E-state index in [-0.39, 0.29) is 17.9 Å². The van der Waals surface area contributed by atoms with Gasteiger partial charge in [0, 0.05) is 12.0 Å². The van der Waals surface area contributed by atoms with Crippen LogP contribution < -0.4 is 5.43 Å². The molecule has 0 aliphatic carbocycles. The van der Waals surface area contributed by atoms with Crippen molar-refractivity contribution in [3.05, 3.63) is 47.5 Å². The molecule has 0 radical (unpaired) electrons. The van der Waals surface area contributed by atoms with E-state index in [4.69, 9.17) is 0 Å². The summed E-state index contributed by atoms with van der Waals surface area (Å²) in [5, 5.41) is 2.90. The molecule has 1 aliphatic rings. The van der Waals surface area contributed by atoms with Gasteiger partial charge in [0.2, 0.25) is 5.91 Å². The predicted octanol–water partition coefficient (Wildman–Crippen LogP) is 6.08. The molecule has 3 nitrogen and oxygen atoms in total. The third-order valence-corrected chi connectivity index (χ3v) is 5.71. The molecule has 3 rings (SSSR count). The van der Waals surface area contributed by atoms with E-state index in [1.165, 1.54) is 0 Å². The van der Waals surface area contributed by atoms with Gasteiger partial charge in [0.1, 0.15) is 0 Å². The first-order valence-electron chi connectivity index (χ1n) is 10.3. The lowest BCUT2D eigenvalue weighted by Gasteiger charge is -2.39. The smallest absolute Gasteiger partial charge is 0.287 e. The number of carbonyl (C=O) groups is 1. The highest BCUT2D eigenvalue weighted by Gasteiger charge is 2.53. The SMILES string of the molecule is CCCCCCc1c([C@H](N2NC(=O)CC2(C)C)C(F)(F)F)ccc2ccccc12. The number of alkyl halides is 3. The van der Waals surface area contributed by atoms with Crippen molar-refractivity contribution in [3.8, 4) is 0 Å². The minimum absolute atomic E-state index is 0.0407. The summed E-state index contributed by atoms with van der Waals surface area (Å²) in [4.78, 5) is 12.0. The van der Waals surface area contributed by atoms with Gasteiger partial charge in [0.25, 0.3) is 0 Å². The summed E-state index contributed by atoms with van der Waals surface area (Å²) < 4.78 is 43.1. The molecule has 1 amide bonds. The van der Waals surface area contributed by atoms with Crippen molar-refractivity contribution >= 4 is 16.7 Å². The van der Waals surface area contributed by atoms with E-state index in [2.05, 4.69) is 12.3 Å². The fourth-order valence-electron chi connectivity index (χ4n) is 4.30. The van der Waals surface area contributed by atoms with Gasteiger partial charge in [0.15, 0.2) is 6.04 Å². The largest absolute Gasteiger partial charge is 0.409 e. The standard InChI is InChI=1S/C23H29F3N2O/c1-4-5-6-7-12-18-17-11-9-8-10-16(17)13-14-19(18)21(23(24,25)26)28-22(2,3)15-20(29)27-28/h8-11,13-14,21H,4-7,12,15H2,1-3H3,(H,27,29)/t21-/m0/s1. The first-order chi connectivity index (χ1) is 13.6. The average Bonchev–Trinajstić information content (AvgIpc) is 2.90. The van der Waals surface area contributed by atoms with Crippen molar-refractivity contribution in [1.82, 2.24) is 10.4 Å². The number of aryl methyl sites for hydroxylation is 1. The number of amides is 1. The first kappa shape index (κ1) is 21.6. The van der Waals surface area contributed by atoms with Gasteiger partial charge in [0.05, 0.1) is 0 Å². The molecule has 2 aromatic rings. The van der Waals surface area contributed by atoms with Crippen LogP contribution in [0.4, 0.5) is 13.2 Å². The summed E-state index contributed by atoms with van der Waals surface area (Å²) in [5.41, 5.74) is 2.52. The maximum atomic E-state index is 14.4. The van der Waals surface area contributed by atoms with E-state index in [0.29, 0.717) is 6.42 Å². The third-order valence-electron chi connectivity index (χ3n) is 5.71. The molecule has 0 aromatic heterocycles. The van der Waals surface area contributed by atoms with Gasteiger partial charge in [-0.05, 0) is 48.6 Å². The van der Waals surface area contributed by atoms with Crippen LogP contribution in [0.5, 0.6) is 0 Å². The summed E-state index contributed by atoms with van der Waals surface area (Å²) >= 11 is 0. The summed E-state index contributed by atoms with van der Waals surface area (Å²) in [6.07, 6.45) is 0.0799. The first-order valence-corrected chi connectivity index (χ1v) is 10.3. The topological polar surface area (TPSA) is 32.3 Å². The molecule has 1 fully saturated rings. The minimum atomic E-state index is -4.52. The van der Waals surface area contributed by atoms with Crippen molar-refractivity contribution in [3.63, 3.8) is 0 Å². The summed E-state index contributed by atoms with van der Waals surface area (Å²) in [6, 6.07) is 9.06. The third kappa shape index (κ3) is 4.58. The highest BCUT2D eigenvalue weighted by atomic mass is 19.4. The number of nitrogens with one attached hydrogen (secondary N) is 1. The van der Waals surface area contributed by atoms with Crippen LogP contribution in [0.2, 0.25) is 0 Å². The Hall–Kier alpha value is -2.08. The monoisotopic (exact) mass is 406 g/mol. The van der Waals surface area contributed by atoms with Crippen LogP contribution in [0, 0.1) is 0 Å². The van der Waals surface area contributed by atoms with Crippen LogP contribution >= 0.6 is 0 Å². The molecule has 29 heavy (non-hydrogen) atoms. The number of nitrogens with zero attached hydrogens (tertiary/aromatic N) is 1. The second-order valence-corrected chi connectivity index (χ2v) is 8.50. The number of hydrogen-bond donors (Lipinski definition) is 1. The van der Waals surface area contributed by atoms with E-state index in [1.807, 2.05) is 24.3 Å². The van der Waals surface area contributed by atoms with Gasteiger partial charge >= 0.3 is 6.18 Å². The highest BCUT2D eigenvalue weighted by Crippen LogP contribution is 2.45. The van der Waals surface area contributed by atoms with Crippen molar-refractivity contribution < 1.29 is 18.0 Å². The number of unbranched alkanes of at least 4 members (excludes halogenated alkanes) is 3. The van der Waals surface area contributed by atoms with Gasteiger partial charge in [-0.3, -0.25) is 10.2 Å². The Morgan fingerprint density at radius 3 is 2.45 bits per heavy atom. The van der Waals surface area contributed by atoms with Gasteiger partial charge in [-0.2, -0.15) is 18.2 Å². The normalized spacial score (nSPS) is 18.2. The average molecular weight is 406 g/mol. The Labute approximate surface area is 170 Å². The molecular weight excluding hydrogens is 377 g/mol. The zero-order valence-corrected chi connectivity index (χ0v) is 17.3. The fourth-order valence-corrected chi connectivity index (χ4v) is 4.30. The van der Waals surface area contributed by atoms with Crippen LogP contribution in [0.25, 0.3) is 10.8 Å². The molecule has 0 spiro atoms. The molecule has 0 bridgehead atoms. The molecule has 0 unspecified atom stereocenters. The lowest BCUT2D eigenvalue weighted by molar-refractivity contribution is -0.204. The summed E-state index contributed by atoms with van der Waals surface area (Å²) in [7, 11) is 0. The molecule has 1 atom stereocenters. The zero-order valence-electron chi connectivity index (χ0n) is 17.3. The lowest BCUT2D eigenvalue weighted by Crippen LogP contribution is -2.51. The second kappa shape index (κ2) is 8.34. The fraction of sp³-hybridized carbons (Fsp3) is 0.522. The molecule has 1 aliphatic heterocycles. The van der Waals surface area contributed by atoms with Crippen molar-refractivity contribution in [1.29, 1.82) is 0 Å². The quantitative estimate of drug-likeness (QED) is 0.565. The van der Waals surface area contributed by atoms with Crippen LogP contribution in [-0.4, -0.2) is 22.6 Å². The molecule has 6 heteroatoms. The van der Waals surface area contributed by atoms with Gasteiger partial charge in [-0.1, -0.05) is 62.6 Å².